The number of nitrogens with zero attached hydrogens (tertiary/aromatic N) is 2. The van der Waals surface area contributed by atoms with Gasteiger partial charge in [0.05, 0.1) is 39.5 Å². The number of para-hydroxylation sites is 1. The predicted octanol–water partition coefficient (Wildman–Crippen LogP) is 13.1. The molecule has 2 aliphatic heterocycles. The Morgan fingerprint density at radius 1 is 0.345 bits per heavy atom. The molecule has 260 valence electrons. The van der Waals surface area contributed by atoms with Gasteiger partial charge in [0.25, 0.3) is 0 Å². The molecule has 5 heteroatoms. The first-order valence-electron chi connectivity index (χ1n) is 18.5. The van der Waals surface area contributed by atoms with Gasteiger partial charge in [-0.15, -0.1) is 0 Å². The first kappa shape index (κ1) is 32.2. The average molecular weight is 706 g/mol. The van der Waals surface area contributed by atoms with Gasteiger partial charge >= 0.3 is 0 Å². The lowest BCUT2D eigenvalue weighted by Gasteiger charge is -2.09. The molecule has 55 heavy (non-hydrogen) atoms. The second-order valence-corrected chi connectivity index (χ2v) is 13.6. The Bertz CT molecular complexity index is 2910. The minimum absolute atomic E-state index is 0.865. The first-order chi connectivity index (χ1) is 27.3. The standard InChI is InChI=1S/C50H35N5/c1-6-16-33(17-7-1)46-38-26-27-39(52-38)47(34-18-8-2-9-19-34)41-30-31-43(54-41)49(36-22-12-4-13-23-36)50-45(51-37-24-14-5-15-25-37)32-44(55-50)48(35-20-10-3-11-21-35)42-29-28-40(46)53-42/h1-32,51-52,55H. The summed E-state index contributed by atoms with van der Waals surface area (Å²) in [6, 6.07) is 58.9. The molecule has 3 aromatic heterocycles. The van der Waals surface area contributed by atoms with Gasteiger partial charge in [0.2, 0.25) is 0 Å². The number of benzene rings is 5. The zero-order valence-electron chi connectivity index (χ0n) is 29.9. The predicted molar refractivity (Wildman–Crippen MR) is 230 cm³/mol. The molecule has 5 heterocycles. The van der Waals surface area contributed by atoms with Crippen LogP contribution >= 0.6 is 0 Å². The highest BCUT2D eigenvalue weighted by molar-refractivity contribution is 6.03. The van der Waals surface area contributed by atoms with Crippen LogP contribution in [0.2, 0.25) is 0 Å². The summed E-state index contributed by atoms with van der Waals surface area (Å²) >= 11 is 0. The number of rotatable bonds is 6. The third-order valence-electron chi connectivity index (χ3n) is 10.2. The number of H-pyrrole nitrogens is 2. The molecule has 10 rings (SSSR count). The van der Waals surface area contributed by atoms with Gasteiger partial charge in [0.1, 0.15) is 0 Å². The molecule has 0 saturated carbocycles. The van der Waals surface area contributed by atoms with E-state index in [0.717, 1.165) is 101 Å². The summed E-state index contributed by atoms with van der Waals surface area (Å²) in [6.45, 7) is 0. The topological polar surface area (TPSA) is 69.4 Å². The highest BCUT2D eigenvalue weighted by Gasteiger charge is 2.20. The maximum Gasteiger partial charge on any atom is 0.0738 e. The van der Waals surface area contributed by atoms with E-state index in [1.54, 1.807) is 0 Å². The van der Waals surface area contributed by atoms with Crippen molar-refractivity contribution in [2.75, 3.05) is 5.32 Å². The van der Waals surface area contributed by atoms with Crippen LogP contribution in [-0.2, 0) is 0 Å². The van der Waals surface area contributed by atoms with Crippen LogP contribution in [0.25, 0.3) is 90.9 Å². The zero-order valence-corrected chi connectivity index (χ0v) is 29.9. The molecule has 0 saturated heterocycles. The SMILES string of the molecule is C1=Cc2nc1c(-c1ccccc1)c1ccc([nH]1)c(-c1ccccc1)c1nc(c(-c3ccccc3)c3[nH]c(cc3Nc3ccccc3)c2-c2ccccc2)C=C1. The summed E-state index contributed by atoms with van der Waals surface area (Å²) in [5, 5.41) is 3.76. The van der Waals surface area contributed by atoms with Crippen LogP contribution in [0.1, 0.15) is 22.8 Å². The van der Waals surface area contributed by atoms with Crippen molar-refractivity contribution < 1.29 is 0 Å². The van der Waals surface area contributed by atoms with E-state index in [1.165, 1.54) is 0 Å². The molecule has 0 spiro atoms. The molecule has 5 nitrogen and oxygen atoms in total. The highest BCUT2D eigenvalue weighted by Crippen LogP contribution is 2.41. The summed E-state index contributed by atoms with van der Waals surface area (Å²) in [6.07, 6.45) is 8.56. The smallest absolute Gasteiger partial charge is 0.0738 e. The number of aromatic amines is 2. The fourth-order valence-electron chi connectivity index (χ4n) is 7.69. The van der Waals surface area contributed by atoms with Crippen molar-refractivity contribution in [2.24, 2.45) is 0 Å². The molecule has 5 aromatic carbocycles. The fraction of sp³-hybridized carbons (Fsp3) is 0. The zero-order chi connectivity index (χ0) is 36.6. The highest BCUT2D eigenvalue weighted by atomic mass is 14.9. The molecule has 0 radical (unpaired) electrons. The van der Waals surface area contributed by atoms with Gasteiger partial charge in [-0.05, 0) is 76.9 Å². The molecule has 2 aliphatic rings. The molecule has 0 unspecified atom stereocenters. The van der Waals surface area contributed by atoms with Crippen molar-refractivity contribution in [1.29, 1.82) is 0 Å². The van der Waals surface area contributed by atoms with Crippen molar-refractivity contribution in [2.45, 2.75) is 0 Å². The fourth-order valence-corrected chi connectivity index (χ4v) is 7.69. The quantitative estimate of drug-likeness (QED) is 0.161. The Kier molecular flexibility index (Phi) is 8.08. The molecule has 0 fully saturated rings. The number of nitrogens with one attached hydrogen (secondary N) is 3. The second-order valence-electron chi connectivity index (χ2n) is 13.6. The van der Waals surface area contributed by atoms with Crippen LogP contribution in [0.4, 0.5) is 11.4 Å². The van der Waals surface area contributed by atoms with E-state index in [-0.39, 0.29) is 0 Å². The monoisotopic (exact) mass is 705 g/mol. The minimum Gasteiger partial charge on any atom is -0.354 e. The molecule has 3 N–H and O–H groups in total. The Labute approximate surface area is 319 Å². The third-order valence-corrected chi connectivity index (χ3v) is 10.2. The van der Waals surface area contributed by atoms with Gasteiger partial charge in [0, 0.05) is 39.0 Å². The Balaban J connectivity index is 1.42. The molecular weight excluding hydrogens is 671 g/mol. The number of anilines is 2. The maximum absolute atomic E-state index is 5.47. The molecular formula is C50H35N5. The van der Waals surface area contributed by atoms with E-state index in [0.29, 0.717) is 0 Å². The molecule has 0 amide bonds. The Hall–Kier alpha value is -7.50. The Morgan fingerprint density at radius 3 is 1.15 bits per heavy atom. The summed E-state index contributed by atoms with van der Waals surface area (Å²) < 4.78 is 0. The third kappa shape index (κ3) is 6.04. The van der Waals surface area contributed by atoms with Crippen LogP contribution in [0.5, 0.6) is 0 Å². The number of hydrogen-bond acceptors (Lipinski definition) is 3. The van der Waals surface area contributed by atoms with Crippen molar-refractivity contribution >= 4 is 57.7 Å². The molecule has 8 aromatic rings. The van der Waals surface area contributed by atoms with E-state index in [9.17, 15) is 0 Å². The number of hydrogen-bond donors (Lipinski definition) is 3. The van der Waals surface area contributed by atoms with Crippen LogP contribution in [0.3, 0.4) is 0 Å². The second kappa shape index (κ2) is 13.8. The van der Waals surface area contributed by atoms with Crippen LogP contribution in [0.15, 0.2) is 170 Å². The lowest BCUT2D eigenvalue weighted by molar-refractivity contribution is 1.31. The lowest BCUT2D eigenvalue weighted by atomic mass is 10.0. The largest absolute Gasteiger partial charge is 0.354 e. The van der Waals surface area contributed by atoms with Crippen LogP contribution < -0.4 is 5.32 Å². The van der Waals surface area contributed by atoms with Crippen molar-refractivity contribution in [3.05, 3.63) is 193 Å². The van der Waals surface area contributed by atoms with E-state index < -0.39 is 0 Å². The minimum atomic E-state index is 0.865. The van der Waals surface area contributed by atoms with Crippen molar-refractivity contribution in [1.82, 2.24) is 19.9 Å². The van der Waals surface area contributed by atoms with E-state index in [2.05, 4.69) is 203 Å². The summed E-state index contributed by atoms with van der Waals surface area (Å²) in [4.78, 5) is 18.7. The lowest BCUT2D eigenvalue weighted by Crippen LogP contribution is -1.92. The van der Waals surface area contributed by atoms with E-state index in [4.69, 9.17) is 9.97 Å². The van der Waals surface area contributed by atoms with Gasteiger partial charge in [-0.25, -0.2) is 9.97 Å². The first-order valence-corrected chi connectivity index (χ1v) is 18.5. The summed E-state index contributed by atoms with van der Waals surface area (Å²) in [7, 11) is 0. The number of aromatic nitrogens is 4. The van der Waals surface area contributed by atoms with E-state index >= 15 is 0 Å². The van der Waals surface area contributed by atoms with Crippen LogP contribution in [0, 0.1) is 0 Å². The van der Waals surface area contributed by atoms with Crippen LogP contribution in [-0.4, -0.2) is 19.9 Å². The number of fused-ring (bicyclic) bond motifs is 8. The maximum atomic E-state index is 5.47. The van der Waals surface area contributed by atoms with Crippen molar-refractivity contribution in [3.63, 3.8) is 0 Å². The summed E-state index contributed by atoms with van der Waals surface area (Å²) in [5.74, 6) is 0. The molecule has 0 aliphatic carbocycles. The van der Waals surface area contributed by atoms with Gasteiger partial charge in [-0.2, -0.15) is 0 Å². The average Bonchev–Trinajstić information content (AvgIpc) is 4.08. The van der Waals surface area contributed by atoms with Gasteiger partial charge in [0.15, 0.2) is 0 Å². The molecule has 0 atom stereocenters. The summed E-state index contributed by atoms with van der Waals surface area (Å²) in [5.41, 5.74) is 17.6. The van der Waals surface area contributed by atoms with Crippen molar-refractivity contribution in [3.8, 4) is 44.5 Å². The normalized spacial score (nSPS) is 11.9. The van der Waals surface area contributed by atoms with Gasteiger partial charge in [-0.3, -0.25) is 0 Å². The van der Waals surface area contributed by atoms with E-state index in [1.807, 2.05) is 6.07 Å². The van der Waals surface area contributed by atoms with Gasteiger partial charge < -0.3 is 15.3 Å². The molecule has 8 bridgehead atoms. The Morgan fingerprint density at radius 2 is 0.709 bits per heavy atom. The van der Waals surface area contributed by atoms with Gasteiger partial charge in [-0.1, -0.05) is 140 Å².